The maximum Gasteiger partial charge on any atom is 0.387 e. The first-order valence-corrected chi connectivity index (χ1v) is 8.12. The van der Waals surface area contributed by atoms with Crippen molar-refractivity contribution in [3.63, 3.8) is 0 Å². The van der Waals surface area contributed by atoms with Crippen LogP contribution in [0.15, 0.2) is 18.2 Å². The fraction of sp³-hybridized carbons (Fsp3) is 0.625. The molecule has 2 N–H and O–H groups in total. The van der Waals surface area contributed by atoms with E-state index in [1.807, 2.05) is 0 Å². The largest absolute Gasteiger partial charge is 0.434 e. The van der Waals surface area contributed by atoms with Crippen molar-refractivity contribution in [2.24, 2.45) is 17.6 Å². The monoisotopic (exact) mass is 366 g/mol. The number of fused-ring (bicyclic) bond motifs is 1. The molecular weight excluding hydrogens is 345 g/mol. The lowest BCUT2D eigenvalue weighted by molar-refractivity contribution is -0.0507. The predicted molar refractivity (Wildman–Crippen MR) is 89.4 cm³/mol. The van der Waals surface area contributed by atoms with Crippen molar-refractivity contribution in [3.05, 3.63) is 28.8 Å². The van der Waals surface area contributed by atoms with E-state index < -0.39 is 6.61 Å². The van der Waals surface area contributed by atoms with Crippen molar-refractivity contribution < 1.29 is 13.5 Å². The van der Waals surface area contributed by atoms with E-state index in [2.05, 4.69) is 9.64 Å². The number of alkyl halides is 2. The first-order chi connectivity index (χ1) is 10.5. The third kappa shape index (κ3) is 4.47. The van der Waals surface area contributed by atoms with Crippen LogP contribution in [0.25, 0.3) is 0 Å². The molecule has 2 aliphatic rings. The van der Waals surface area contributed by atoms with E-state index in [1.165, 1.54) is 18.9 Å². The molecular formula is C16H22Cl2F2N2O. The molecule has 3 unspecified atom stereocenters. The zero-order valence-corrected chi connectivity index (χ0v) is 14.3. The van der Waals surface area contributed by atoms with Crippen LogP contribution in [0.4, 0.5) is 8.78 Å². The minimum absolute atomic E-state index is 0. The van der Waals surface area contributed by atoms with Gasteiger partial charge in [-0.05, 0) is 42.9 Å². The van der Waals surface area contributed by atoms with E-state index in [9.17, 15) is 8.78 Å². The Morgan fingerprint density at radius 3 is 2.78 bits per heavy atom. The topological polar surface area (TPSA) is 38.5 Å². The Balaban J connectivity index is 0.00000192. The standard InChI is InChI=1S/C16H21ClF2N2O.ClH/c17-12-4-5-15(22-16(18)19)11(6-12)8-21-7-10-2-1-3-14(20)13(10)9-21;/h4-6,10,13-14,16H,1-3,7-9,20H2;1H. The van der Waals surface area contributed by atoms with Gasteiger partial charge in [-0.2, -0.15) is 8.78 Å². The highest BCUT2D eigenvalue weighted by Crippen LogP contribution is 2.37. The Labute approximate surface area is 146 Å². The van der Waals surface area contributed by atoms with Crippen LogP contribution < -0.4 is 10.5 Å². The average molecular weight is 367 g/mol. The summed E-state index contributed by atoms with van der Waals surface area (Å²) in [6, 6.07) is 5.06. The second-order valence-corrected chi connectivity index (χ2v) is 6.78. The van der Waals surface area contributed by atoms with Crippen LogP contribution in [0.1, 0.15) is 24.8 Å². The second kappa shape index (κ2) is 7.97. The van der Waals surface area contributed by atoms with Gasteiger partial charge in [0.05, 0.1) is 0 Å². The lowest BCUT2D eigenvalue weighted by Gasteiger charge is -2.29. The van der Waals surface area contributed by atoms with Crippen LogP contribution in [0.3, 0.4) is 0 Å². The zero-order valence-electron chi connectivity index (χ0n) is 12.8. The lowest BCUT2D eigenvalue weighted by Crippen LogP contribution is -2.38. The Kier molecular flexibility index (Phi) is 6.48. The lowest BCUT2D eigenvalue weighted by atomic mass is 9.78. The summed E-state index contributed by atoms with van der Waals surface area (Å²) < 4.78 is 29.7. The Morgan fingerprint density at radius 1 is 1.30 bits per heavy atom. The minimum atomic E-state index is -2.82. The molecule has 1 heterocycles. The number of nitrogens with two attached hydrogens (primary N) is 1. The molecule has 1 saturated heterocycles. The van der Waals surface area contributed by atoms with Gasteiger partial charge in [-0.3, -0.25) is 4.90 Å². The normalized spacial score (nSPS) is 27.6. The van der Waals surface area contributed by atoms with Gasteiger partial charge < -0.3 is 10.5 Å². The van der Waals surface area contributed by atoms with Crippen LogP contribution in [-0.2, 0) is 6.54 Å². The molecule has 1 aliphatic carbocycles. The molecule has 0 amide bonds. The van der Waals surface area contributed by atoms with Crippen LogP contribution in [0, 0.1) is 11.8 Å². The maximum absolute atomic E-state index is 12.5. The molecule has 130 valence electrons. The summed E-state index contributed by atoms with van der Waals surface area (Å²) >= 11 is 6.00. The predicted octanol–water partition coefficient (Wildman–Crippen LogP) is 3.92. The quantitative estimate of drug-likeness (QED) is 0.877. The van der Waals surface area contributed by atoms with E-state index in [0.29, 0.717) is 29.0 Å². The molecule has 0 bridgehead atoms. The van der Waals surface area contributed by atoms with Crippen molar-refractivity contribution in [2.75, 3.05) is 13.1 Å². The van der Waals surface area contributed by atoms with E-state index in [-0.39, 0.29) is 24.2 Å². The molecule has 1 aromatic rings. The van der Waals surface area contributed by atoms with E-state index in [0.717, 1.165) is 19.5 Å². The van der Waals surface area contributed by atoms with Gasteiger partial charge in [-0.15, -0.1) is 12.4 Å². The van der Waals surface area contributed by atoms with E-state index in [1.54, 1.807) is 12.1 Å². The van der Waals surface area contributed by atoms with E-state index in [4.69, 9.17) is 17.3 Å². The summed E-state index contributed by atoms with van der Waals surface area (Å²) in [6.45, 7) is -0.358. The van der Waals surface area contributed by atoms with Crippen LogP contribution in [0.2, 0.25) is 5.02 Å². The van der Waals surface area contributed by atoms with Gasteiger partial charge in [0, 0.05) is 36.3 Å². The molecule has 2 fully saturated rings. The highest BCUT2D eigenvalue weighted by molar-refractivity contribution is 6.30. The number of nitrogens with zero attached hydrogens (tertiary/aromatic N) is 1. The molecule has 1 aliphatic heterocycles. The highest BCUT2D eigenvalue weighted by Gasteiger charge is 2.38. The highest BCUT2D eigenvalue weighted by atomic mass is 35.5. The molecule has 3 atom stereocenters. The van der Waals surface area contributed by atoms with Gasteiger partial charge in [0.25, 0.3) is 0 Å². The minimum Gasteiger partial charge on any atom is -0.434 e. The summed E-state index contributed by atoms with van der Waals surface area (Å²) in [5, 5.41) is 0.532. The molecule has 1 saturated carbocycles. The first-order valence-electron chi connectivity index (χ1n) is 7.74. The number of benzene rings is 1. The van der Waals surface area contributed by atoms with Gasteiger partial charge in [-0.25, -0.2) is 0 Å². The summed E-state index contributed by atoms with van der Waals surface area (Å²) in [5.41, 5.74) is 6.93. The Bertz CT molecular complexity index is 533. The van der Waals surface area contributed by atoms with Crippen molar-refractivity contribution in [1.82, 2.24) is 4.90 Å². The number of hydrogen-bond donors (Lipinski definition) is 1. The van der Waals surface area contributed by atoms with Crippen molar-refractivity contribution in [3.8, 4) is 5.75 Å². The summed E-state index contributed by atoms with van der Waals surface area (Å²) in [4.78, 5) is 2.28. The van der Waals surface area contributed by atoms with Crippen LogP contribution in [-0.4, -0.2) is 30.6 Å². The molecule has 0 aromatic heterocycles. The number of ether oxygens (including phenoxy) is 1. The number of likely N-dealkylation sites (tertiary alicyclic amines) is 1. The van der Waals surface area contributed by atoms with Gasteiger partial charge >= 0.3 is 6.61 Å². The van der Waals surface area contributed by atoms with Crippen molar-refractivity contribution in [1.29, 1.82) is 0 Å². The third-order valence-corrected chi connectivity index (χ3v) is 5.10. The summed E-state index contributed by atoms with van der Waals surface area (Å²) in [6.07, 6.45) is 3.49. The number of rotatable bonds is 4. The average Bonchev–Trinajstić information content (AvgIpc) is 2.85. The molecule has 1 aromatic carbocycles. The fourth-order valence-corrected chi connectivity index (χ4v) is 4.06. The molecule has 0 spiro atoms. The van der Waals surface area contributed by atoms with Gasteiger partial charge in [0.1, 0.15) is 5.75 Å². The molecule has 3 rings (SSSR count). The smallest absolute Gasteiger partial charge is 0.387 e. The van der Waals surface area contributed by atoms with Crippen molar-refractivity contribution >= 4 is 24.0 Å². The number of hydrogen-bond acceptors (Lipinski definition) is 3. The molecule has 23 heavy (non-hydrogen) atoms. The SMILES string of the molecule is Cl.NC1CCCC2CN(Cc3cc(Cl)ccc3OC(F)F)CC12. The summed E-state index contributed by atoms with van der Waals surface area (Å²) in [5.74, 6) is 1.35. The van der Waals surface area contributed by atoms with Gasteiger partial charge in [0.2, 0.25) is 0 Å². The molecule has 3 nitrogen and oxygen atoms in total. The van der Waals surface area contributed by atoms with E-state index >= 15 is 0 Å². The molecule has 0 radical (unpaired) electrons. The zero-order chi connectivity index (χ0) is 15.7. The number of halogens is 4. The third-order valence-electron chi connectivity index (χ3n) is 4.86. The molecule has 7 heteroatoms. The Hall–Kier alpha value is -0.620. The fourth-order valence-electron chi connectivity index (χ4n) is 3.86. The van der Waals surface area contributed by atoms with Crippen molar-refractivity contribution in [2.45, 2.75) is 38.5 Å². The first kappa shape index (κ1) is 18.7. The Morgan fingerprint density at radius 2 is 2.09 bits per heavy atom. The second-order valence-electron chi connectivity index (χ2n) is 6.34. The maximum atomic E-state index is 12.5. The van der Waals surface area contributed by atoms with Crippen LogP contribution in [0.5, 0.6) is 5.75 Å². The van der Waals surface area contributed by atoms with Crippen LogP contribution >= 0.6 is 24.0 Å². The summed E-state index contributed by atoms with van der Waals surface area (Å²) in [7, 11) is 0. The van der Waals surface area contributed by atoms with Gasteiger partial charge in [0.15, 0.2) is 0 Å². The van der Waals surface area contributed by atoms with Gasteiger partial charge in [-0.1, -0.05) is 18.0 Å².